The van der Waals surface area contributed by atoms with Crippen LogP contribution in [0.2, 0.25) is 0 Å². The summed E-state index contributed by atoms with van der Waals surface area (Å²) < 4.78 is 1.40. The molecule has 0 N–H and O–H groups in total. The minimum Gasteiger partial charge on any atom is -0.0853 e. The van der Waals surface area contributed by atoms with Crippen molar-refractivity contribution >= 4 is 22.6 Å². The van der Waals surface area contributed by atoms with E-state index in [1.807, 2.05) is 0 Å². The SMILES string of the molecule is CCC/C=C(\CC)C[C@@H](C)/C=C(\C)I. The summed E-state index contributed by atoms with van der Waals surface area (Å²) in [5.74, 6) is 0.690. The Bertz CT molecular complexity index is 197. The molecule has 0 heterocycles. The molecule has 14 heavy (non-hydrogen) atoms. The quantitative estimate of drug-likeness (QED) is 0.450. The number of hydrogen-bond acceptors (Lipinski definition) is 0. The molecule has 0 aromatic rings. The fourth-order valence-corrected chi connectivity index (χ4v) is 2.20. The number of hydrogen-bond donors (Lipinski definition) is 0. The Hall–Kier alpha value is 0.210. The maximum absolute atomic E-state index is 2.42. The van der Waals surface area contributed by atoms with E-state index in [1.54, 1.807) is 5.57 Å². The van der Waals surface area contributed by atoms with Gasteiger partial charge in [0, 0.05) is 0 Å². The maximum atomic E-state index is 2.42. The Morgan fingerprint density at radius 2 is 2.00 bits per heavy atom. The zero-order chi connectivity index (χ0) is 11.0. The van der Waals surface area contributed by atoms with Gasteiger partial charge in [0.15, 0.2) is 0 Å². The summed E-state index contributed by atoms with van der Waals surface area (Å²) in [5.41, 5.74) is 1.62. The molecular formula is C13H23I. The van der Waals surface area contributed by atoms with Gasteiger partial charge in [-0.2, -0.15) is 0 Å². The number of unbranched alkanes of at least 4 members (excludes halogenated alkanes) is 1. The predicted molar refractivity (Wildman–Crippen MR) is 74.8 cm³/mol. The Labute approximate surface area is 103 Å². The minimum atomic E-state index is 0.690. The predicted octanol–water partition coefficient (Wildman–Crippen LogP) is 5.49. The summed E-state index contributed by atoms with van der Waals surface area (Å²) in [4.78, 5) is 0. The van der Waals surface area contributed by atoms with Crippen molar-refractivity contribution in [2.24, 2.45) is 5.92 Å². The van der Waals surface area contributed by atoms with Crippen LogP contribution in [-0.2, 0) is 0 Å². The lowest BCUT2D eigenvalue weighted by Crippen LogP contribution is -1.93. The van der Waals surface area contributed by atoms with E-state index >= 15 is 0 Å². The summed E-state index contributed by atoms with van der Waals surface area (Å²) in [6.45, 7) is 8.97. The second-order valence-corrected chi connectivity index (χ2v) is 5.64. The van der Waals surface area contributed by atoms with Gasteiger partial charge in [0.05, 0.1) is 0 Å². The van der Waals surface area contributed by atoms with Gasteiger partial charge in [-0.3, -0.25) is 0 Å². The Kier molecular flexibility index (Phi) is 8.64. The molecule has 0 fully saturated rings. The van der Waals surface area contributed by atoms with Gasteiger partial charge in [0.1, 0.15) is 0 Å². The highest BCUT2D eigenvalue weighted by molar-refractivity contribution is 14.1. The lowest BCUT2D eigenvalue weighted by atomic mass is 9.98. The fourth-order valence-electron chi connectivity index (χ4n) is 1.59. The third-order valence-electron chi connectivity index (χ3n) is 2.27. The second kappa shape index (κ2) is 8.51. The molecule has 1 atom stereocenters. The standard InChI is InChI=1S/C13H23I/c1-5-7-8-13(6-2)10-11(3)9-12(4)14/h8-9,11H,5-7,10H2,1-4H3/b12-9+,13-8+/t11-/m0/s1. The zero-order valence-electron chi connectivity index (χ0n) is 9.94. The van der Waals surface area contributed by atoms with Gasteiger partial charge < -0.3 is 0 Å². The van der Waals surface area contributed by atoms with Crippen LogP contribution in [0.1, 0.15) is 53.4 Å². The molecule has 82 valence electrons. The summed E-state index contributed by atoms with van der Waals surface area (Å²) in [6, 6.07) is 0. The van der Waals surface area contributed by atoms with Gasteiger partial charge in [-0.1, -0.05) is 44.9 Å². The Morgan fingerprint density at radius 3 is 2.43 bits per heavy atom. The minimum absolute atomic E-state index is 0.690. The van der Waals surface area contributed by atoms with Crippen LogP contribution in [0.5, 0.6) is 0 Å². The molecule has 0 saturated carbocycles. The first-order valence-corrected chi connectivity index (χ1v) is 6.69. The topological polar surface area (TPSA) is 0 Å². The van der Waals surface area contributed by atoms with Crippen LogP contribution in [0.15, 0.2) is 21.3 Å². The van der Waals surface area contributed by atoms with Crippen LogP contribution in [0.4, 0.5) is 0 Å². The lowest BCUT2D eigenvalue weighted by Gasteiger charge is -2.09. The third kappa shape index (κ3) is 7.60. The summed E-state index contributed by atoms with van der Waals surface area (Å²) in [7, 11) is 0. The van der Waals surface area contributed by atoms with Gasteiger partial charge in [0.2, 0.25) is 0 Å². The molecule has 0 spiro atoms. The van der Waals surface area contributed by atoms with Crippen molar-refractivity contribution in [1.29, 1.82) is 0 Å². The molecule has 0 amide bonds. The molecule has 0 nitrogen and oxygen atoms in total. The highest BCUT2D eigenvalue weighted by Crippen LogP contribution is 2.19. The average Bonchev–Trinajstić information content (AvgIpc) is 2.10. The van der Waals surface area contributed by atoms with Crippen molar-refractivity contribution in [2.45, 2.75) is 53.4 Å². The Morgan fingerprint density at radius 1 is 1.36 bits per heavy atom. The van der Waals surface area contributed by atoms with E-state index in [1.165, 1.54) is 29.3 Å². The van der Waals surface area contributed by atoms with E-state index in [-0.39, 0.29) is 0 Å². The molecule has 0 aromatic carbocycles. The lowest BCUT2D eigenvalue weighted by molar-refractivity contribution is 0.692. The van der Waals surface area contributed by atoms with Crippen molar-refractivity contribution in [3.05, 3.63) is 21.3 Å². The summed E-state index contributed by atoms with van der Waals surface area (Å²) in [5, 5.41) is 0. The van der Waals surface area contributed by atoms with E-state index in [0.717, 1.165) is 0 Å². The molecule has 0 radical (unpaired) electrons. The Balaban J connectivity index is 4.11. The highest BCUT2D eigenvalue weighted by atomic mass is 127. The number of halogens is 1. The zero-order valence-corrected chi connectivity index (χ0v) is 12.1. The van der Waals surface area contributed by atoms with Crippen LogP contribution < -0.4 is 0 Å². The molecule has 0 aromatic heterocycles. The maximum Gasteiger partial charge on any atom is -0.0162 e. The van der Waals surface area contributed by atoms with Crippen molar-refractivity contribution < 1.29 is 0 Å². The molecule has 0 saturated heterocycles. The van der Waals surface area contributed by atoms with Crippen molar-refractivity contribution in [2.75, 3.05) is 0 Å². The number of rotatable bonds is 6. The van der Waals surface area contributed by atoms with Crippen molar-refractivity contribution in [3.63, 3.8) is 0 Å². The van der Waals surface area contributed by atoms with Gasteiger partial charge >= 0.3 is 0 Å². The first kappa shape index (κ1) is 14.2. The van der Waals surface area contributed by atoms with Crippen LogP contribution >= 0.6 is 22.6 Å². The van der Waals surface area contributed by atoms with E-state index in [4.69, 9.17) is 0 Å². The molecule has 0 bridgehead atoms. The average molecular weight is 306 g/mol. The highest BCUT2D eigenvalue weighted by Gasteiger charge is 2.01. The molecule has 0 rings (SSSR count). The molecule has 0 aliphatic heterocycles. The number of allylic oxidation sites excluding steroid dienone is 4. The monoisotopic (exact) mass is 306 g/mol. The third-order valence-corrected chi connectivity index (χ3v) is 2.63. The largest absolute Gasteiger partial charge is 0.0853 e. The molecular weight excluding hydrogens is 283 g/mol. The molecule has 0 unspecified atom stereocenters. The summed E-state index contributed by atoms with van der Waals surface area (Å²) in [6.07, 6.45) is 9.72. The van der Waals surface area contributed by atoms with E-state index in [2.05, 4.69) is 62.4 Å². The van der Waals surface area contributed by atoms with E-state index in [0.29, 0.717) is 5.92 Å². The fraction of sp³-hybridized carbons (Fsp3) is 0.692. The molecule has 0 aliphatic rings. The van der Waals surface area contributed by atoms with Gasteiger partial charge in [-0.25, -0.2) is 0 Å². The molecule has 1 heteroatoms. The smallest absolute Gasteiger partial charge is 0.0162 e. The van der Waals surface area contributed by atoms with Gasteiger partial charge in [-0.05, 0) is 58.3 Å². The van der Waals surface area contributed by atoms with Crippen molar-refractivity contribution in [3.8, 4) is 0 Å². The first-order chi connectivity index (χ1) is 6.60. The van der Waals surface area contributed by atoms with Gasteiger partial charge in [-0.15, -0.1) is 0 Å². The van der Waals surface area contributed by atoms with Crippen LogP contribution in [0.25, 0.3) is 0 Å². The first-order valence-electron chi connectivity index (χ1n) is 5.61. The van der Waals surface area contributed by atoms with Crippen LogP contribution in [0, 0.1) is 5.92 Å². The summed E-state index contributed by atoms with van der Waals surface area (Å²) >= 11 is 2.39. The normalized spacial score (nSPS) is 15.8. The van der Waals surface area contributed by atoms with Gasteiger partial charge in [0.25, 0.3) is 0 Å². The van der Waals surface area contributed by atoms with Crippen molar-refractivity contribution in [1.82, 2.24) is 0 Å². The van der Waals surface area contributed by atoms with E-state index < -0.39 is 0 Å². The second-order valence-electron chi connectivity index (χ2n) is 3.94. The van der Waals surface area contributed by atoms with E-state index in [9.17, 15) is 0 Å². The molecule has 0 aliphatic carbocycles. The van der Waals surface area contributed by atoms with Crippen LogP contribution in [0.3, 0.4) is 0 Å². The van der Waals surface area contributed by atoms with Crippen LogP contribution in [-0.4, -0.2) is 0 Å².